The molecule has 0 amide bonds. The van der Waals surface area contributed by atoms with Crippen LogP contribution in [0.5, 0.6) is 0 Å². The van der Waals surface area contributed by atoms with Crippen LogP contribution in [0.1, 0.15) is 19.6 Å². The third-order valence-corrected chi connectivity index (χ3v) is 1.42. The Balaban J connectivity index is 0.00000169. The number of nitrogens with two attached hydrogens (primary N) is 1. The van der Waals surface area contributed by atoms with Gasteiger partial charge in [0.2, 0.25) is 5.76 Å². The van der Waals surface area contributed by atoms with Crippen LogP contribution in [0.4, 0.5) is 18.9 Å². The van der Waals surface area contributed by atoms with Crippen molar-refractivity contribution in [1.29, 1.82) is 0 Å². The molecule has 0 bridgehead atoms. The largest absolute Gasteiger partial charge is 1.00 e. The number of alkyl halides is 3. The average molecular weight is 230 g/mol. The maximum absolute atomic E-state index is 12.0. The van der Waals surface area contributed by atoms with E-state index in [-0.39, 0.29) is 18.4 Å². The zero-order chi connectivity index (χ0) is 10.1. The Labute approximate surface area is 85.9 Å². The third-order valence-electron chi connectivity index (χ3n) is 1.42. The zero-order valence-electron chi connectivity index (χ0n) is 7.73. The molecule has 2 nitrogen and oxygen atoms in total. The molecule has 0 spiro atoms. The number of furan rings is 1. The van der Waals surface area contributed by atoms with E-state index in [9.17, 15) is 13.2 Å². The van der Waals surface area contributed by atoms with Crippen LogP contribution >= 0.6 is 0 Å². The Morgan fingerprint density at radius 2 is 1.93 bits per heavy atom. The summed E-state index contributed by atoms with van der Waals surface area (Å²) < 4.78 is 40.5. The first-order valence-corrected chi connectivity index (χ1v) is 3.90. The molecule has 2 N–H and O–H groups in total. The Morgan fingerprint density at radius 1 is 1.36 bits per heavy atom. The molecule has 14 heavy (non-hydrogen) atoms. The van der Waals surface area contributed by atoms with Gasteiger partial charge in [-0.25, -0.2) is 0 Å². The highest BCUT2D eigenvalue weighted by molar-refractivity contribution is 5.26. The highest BCUT2D eigenvalue weighted by Gasteiger charge is 2.35. The molecule has 1 rings (SSSR count). The van der Waals surface area contributed by atoms with Gasteiger partial charge in [0, 0.05) is 0 Å². The van der Waals surface area contributed by atoms with Crippen molar-refractivity contribution < 1.29 is 35.3 Å². The fourth-order valence-electron chi connectivity index (χ4n) is 0.972. The maximum atomic E-state index is 12.0. The van der Waals surface area contributed by atoms with Gasteiger partial charge in [0.05, 0.1) is 12.1 Å². The molecule has 1 heterocycles. The predicted molar refractivity (Wildman–Crippen MR) is 40.4 cm³/mol. The van der Waals surface area contributed by atoms with E-state index in [1.807, 2.05) is 13.8 Å². The molecule has 0 atom stereocenters. The van der Waals surface area contributed by atoms with Crippen LogP contribution in [0.3, 0.4) is 0 Å². The minimum atomic E-state index is -4.39. The molecule has 0 aliphatic heterocycles. The normalized spacial score (nSPS) is 11.6. The van der Waals surface area contributed by atoms with Crippen LogP contribution in [-0.2, 0) is 6.18 Å². The fourth-order valence-corrected chi connectivity index (χ4v) is 0.972. The van der Waals surface area contributed by atoms with E-state index in [1.54, 1.807) is 5.32 Å². The minimum Gasteiger partial charge on any atom is -1.00 e. The summed E-state index contributed by atoms with van der Waals surface area (Å²) >= 11 is 0. The smallest absolute Gasteiger partial charge is 0.449 e. The van der Waals surface area contributed by atoms with E-state index >= 15 is 0 Å². The third kappa shape index (κ3) is 3.59. The first kappa shape index (κ1) is 13.3. The van der Waals surface area contributed by atoms with Crippen LogP contribution in [0.25, 0.3) is 0 Å². The molecule has 0 radical (unpaired) electrons. The molecule has 1 aromatic rings. The molecule has 6 heteroatoms. The van der Waals surface area contributed by atoms with E-state index in [0.717, 1.165) is 12.3 Å². The van der Waals surface area contributed by atoms with Crippen molar-refractivity contribution in [3.05, 3.63) is 18.1 Å². The van der Waals surface area contributed by atoms with E-state index in [2.05, 4.69) is 4.42 Å². The summed E-state index contributed by atoms with van der Waals surface area (Å²) in [6.07, 6.45) is -3.27. The second kappa shape index (κ2) is 4.70. The quantitative estimate of drug-likeness (QED) is 0.686. The number of rotatable bonds is 2. The first-order chi connectivity index (χ1) is 5.89. The summed E-state index contributed by atoms with van der Waals surface area (Å²) in [5, 5.41) is 1.71. The molecule has 0 aliphatic carbocycles. The SMILES string of the molecule is CC(C)[NH2+]c1coc(C(F)(F)F)c1.[Cl-]. The molecule has 0 aromatic carbocycles. The molecule has 0 saturated heterocycles. The van der Waals surface area contributed by atoms with Gasteiger partial charge in [0.25, 0.3) is 0 Å². The van der Waals surface area contributed by atoms with E-state index in [4.69, 9.17) is 0 Å². The van der Waals surface area contributed by atoms with E-state index in [1.165, 1.54) is 0 Å². The Hall–Kier alpha value is -0.680. The van der Waals surface area contributed by atoms with Crippen molar-refractivity contribution in [3.63, 3.8) is 0 Å². The highest BCUT2D eigenvalue weighted by Crippen LogP contribution is 2.30. The zero-order valence-corrected chi connectivity index (χ0v) is 8.49. The minimum absolute atomic E-state index is 0. The predicted octanol–water partition coefficient (Wildman–Crippen LogP) is -1.09. The highest BCUT2D eigenvalue weighted by atomic mass is 35.5. The molecule has 0 aliphatic rings. The molecule has 1 aromatic heterocycles. The van der Waals surface area contributed by atoms with Crippen LogP contribution in [-0.4, -0.2) is 6.04 Å². The molecule has 82 valence electrons. The van der Waals surface area contributed by atoms with Crippen molar-refractivity contribution in [2.75, 3.05) is 0 Å². The Bertz CT molecular complexity index is 282. The summed E-state index contributed by atoms with van der Waals surface area (Å²) in [5.41, 5.74) is 0.474. The van der Waals surface area contributed by atoms with Crippen molar-refractivity contribution in [2.24, 2.45) is 0 Å². The van der Waals surface area contributed by atoms with Gasteiger partial charge in [0.15, 0.2) is 12.0 Å². The first-order valence-electron chi connectivity index (χ1n) is 3.90. The molecule has 0 fully saturated rings. The van der Waals surface area contributed by atoms with Crippen molar-refractivity contribution in [1.82, 2.24) is 0 Å². The van der Waals surface area contributed by atoms with Crippen molar-refractivity contribution in [3.8, 4) is 0 Å². The second-order valence-electron chi connectivity index (χ2n) is 3.15. The number of halogens is 4. The summed E-state index contributed by atoms with van der Waals surface area (Å²) in [4.78, 5) is 0. The molecule has 0 saturated carbocycles. The monoisotopic (exact) mass is 229 g/mol. The number of quaternary nitrogens is 1. The van der Waals surface area contributed by atoms with Gasteiger partial charge in [-0.15, -0.1) is 0 Å². The lowest BCUT2D eigenvalue weighted by Gasteiger charge is -2.00. The summed E-state index contributed by atoms with van der Waals surface area (Å²) in [6.45, 7) is 3.78. The topological polar surface area (TPSA) is 29.8 Å². The van der Waals surface area contributed by atoms with Gasteiger partial charge in [-0.05, 0) is 13.8 Å². The standard InChI is InChI=1S/C8H10F3NO.ClH/c1-5(2)12-6-3-7(13-4-6)8(9,10)11;/h3-5,12H,1-2H3;1H. The maximum Gasteiger partial charge on any atom is 0.449 e. The molecule has 0 unspecified atom stereocenters. The summed E-state index contributed by atoms with van der Waals surface area (Å²) in [5.74, 6) is -0.945. The van der Waals surface area contributed by atoms with Gasteiger partial charge in [-0.2, -0.15) is 13.2 Å². The van der Waals surface area contributed by atoms with Gasteiger partial charge >= 0.3 is 6.18 Å². The van der Waals surface area contributed by atoms with Gasteiger partial charge in [0.1, 0.15) is 0 Å². The van der Waals surface area contributed by atoms with Crippen molar-refractivity contribution >= 4 is 5.69 Å². The van der Waals surface area contributed by atoms with Gasteiger partial charge in [-0.1, -0.05) is 0 Å². The van der Waals surface area contributed by atoms with E-state index in [0.29, 0.717) is 5.69 Å². The molecular weight excluding hydrogens is 219 g/mol. The van der Waals surface area contributed by atoms with Crippen LogP contribution in [0, 0.1) is 0 Å². The lowest BCUT2D eigenvalue weighted by molar-refractivity contribution is -0.603. The molecular formula is C8H11ClF3NO. The Kier molecular flexibility index (Phi) is 4.48. The van der Waals surface area contributed by atoms with Gasteiger partial charge in [-0.3, -0.25) is 0 Å². The lowest BCUT2D eigenvalue weighted by atomic mass is 10.3. The second-order valence-corrected chi connectivity index (χ2v) is 3.15. The van der Waals surface area contributed by atoms with Crippen LogP contribution in [0.15, 0.2) is 16.7 Å². The fraction of sp³-hybridized carbons (Fsp3) is 0.500. The average Bonchev–Trinajstić information content (AvgIpc) is 2.32. The Morgan fingerprint density at radius 3 is 2.29 bits per heavy atom. The van der Waals surface area contributed by atoms with Crippen molar-refractivity contribution in [2.45, 2.75) is 26.1 Å². The van der Waals surface area contributed by atoms with Gasteiger partial charge < -0.3 is 22.1 Å². The van der Waals surface area contributed by atoms with Crippen LogP contribution < -0.4 is 17.7 Å². The number of hydrogen-bond acceptors (Lipinski definition) is 1. The van der Waals surface area contributed by atoms with E-state index < -0.39 is 11.9 Å². The number of hydrogen-bond donors (Lipinski definition) is 1. The van der Waals surface area contributed by atoms with Crippen LogP contribution in [0.2, 0.25) is 0 Å². The lowest BCUT2D eigenvalue weighted by Crippen LogP contribution is -3.00. The summed E-state index contributed by atoms with van der Waals surface area (Å²) in [7, 11) is 0. The summed E-state index contributed by atoms with van der Waals surface area (Å²) in [6, 6.07) is 1.21.